The van der Waals surface area contributed by atoms with Crippen LogP contribution >= 0.6 is 11.3 Å². The van der Waals surface area contributed by atoms with Crippen LogP contribution in [0.2, 0.25) is 0 Å². The maximum atomic E-state index is 14.4. The highest BCUT2D eigenvalue weighted by atomic mass is 32.1. The number of anilines is 1. The van der Waals surface area contributed by atoms with Crippen molar-refractivity contribution < 1.29 is 36.6 Å². The molecule has 2 unspecified atom stereocenters. The molecule has 2 aliphatic carbocycles. The zero-order chi connectivity index (χ0) is 30.3. The molecule has 230 valence electrons. The number of amides is 2. The normalized spacial score (nSPS) is 25.2. The van der Waals surface area contributed by atoms with Gasteiger partial charge in [-0.15, -0.1) is 11.3 Å². The van der Waals surface area contributed by atoms with Crippen molar-refractivity contribution in [3.8, 4) is 10.4 Å². The molecule has 3 heterocycles. The fraction of sp³-hybridized carbons (Fsp3) is 0.643. The van der Waals surface area contributed by atoms with Gasteiger partial charge in [-0.25, -0.2) is 18.7 Å². The van der Waals surface area contributed by atoms with Gasteiger partial charge < -0.3 is 20.6 Å². The quantitative estimate of drug-likeness (QED) is 0.302. The van der Waals surface area contributed by atoms with E-state index in [4.69, 9.17) is 0 Å². The van der Waals surface area contributed by atoms with Crippen molar-refractivity contribution in [1.82, 2.24) is 20.2 Å². The van der Waals surface area contributed by atoms with Crippen molar-refractivity contribution in [3.05, 3.63) is 28.5 Å². The van der Waals surface area contributed by atoms with Gasteiger partial charge in [0.2, 0.25) is 0 Å². The van der Waals surface area contributed by atoms with E-state index < -0.39 is 54.1 Å². The number of nitrogens with one attached hydrogen (secondary N) is 2. The minimum absolute atomic E-state index is 0.00464. The van der Waals surface area contributed by atoms with Crippen LogP contribution in [0, 0.1) is 5.92 Å². The minimum Gasteiger partial charge on any atom is -0.391 e. The Morgan fingerprint density at radius 2 is 1.90 bits per heavy atom. The molecule has 2 amide bonds. The molecule has 1 saturated heterocycles. The standard InChI is InChI=1S/C28H34F5N5O3S/c1-3-15-10-7-13(2)38(15)27(41)21-22(42-26(37-21)25(40)35-18-5-4-6-19(18)39)17-12-34-20(11-16(17)24(29)30)36-23(14-8-9-14)28(31,32)33/h11-15,18-19,23-24,39H,3-10H2,1-2H3,(H,34,36)(H,35,40)/t13?,15?,18-,19-,23+/m1/s1. The van der Waals surface area contributed by atoms with Gasteiger partial charge in [0.25, 0.3) is 18.2 Å². The van der Waals surface area contributed by atoms with Crippen LogP contribution in [0.4, 0.5) is 27.8 Å². The number of aliphatic hydroxyl groups excluding tert-OH is 1. The highest BCUT2D eigenvalue weighted by molar-refractivity contribution is 7.17. The second kappa shape index (κ2) is 12.0. The second-order valence-electron chi connectivity index (χ2n) is 11.4. The lowest BCUT2D eigenvalue weighted by Gasteiger charge is -2.27. The molecule has 2 saturated carbocycles. The number of thiazole rings is 1. The lowest BCUT2D eigenvalue weighted by atomic mass is 10.1. The third-order valence-electron chi connectivity index (χ3n) is 8.48. The first-order valence-corrected chi connectivity index (χ1v) is 15.1. The molecule has 3 fully saturated rings. The molecule has 3 aliphatic rings. The summed E-state index contributed by atoms with van der Waals surface area (Å²) in [6.07, 6.45) is -2.64. The highest BCUT2D eigenvalue weighted by Gasteiger charge is 2.49. The van der Waals surface area contributed by atoms with Gasteiger partial charge in [0, 0.05) is 29.4 Å². The molecule has 2 aromatic rings. The van der Waals surface area contributed by atoms with E-state index in [-0.39, 0.29) is 39.0 Å². The average molecular weight is 616 g/mol. The summed E-state index contributed by atoms with van der Waals surface area (Å²) in [5.41, 5.74) is -0.979. The van der Waals surface area contributed by atoms with Gasteiger partial charge in [0.15, 0.2) is 5.01 Å². The highest BCUT2D eigenvalue weighted by Crippen LogP contribution is 2.43. The first kappa shape index (κ1) is 30.6. The number of nitrogens with zero attached hydrogens (tertiary/aromatic N) is 3. The number of alkyl halides is 5. The maximum Gasteiger partial charge on any atom is 0.408 e. The van der Waals surface area contributed by atoms with Gasteiger partial charge in [0.05, 0.1) is 17.0 Å². The molecule has 5 rings (SSSR count). The summed E-state index contributed by atoms with van der Waals surface area (Å²) in [6, 6.07) is -1.76. The molecule has 0 spiro atoms. The van der Waals surface area contributed by atoms with E-state index in [1.54, 1.807) is 4.90 Å². The molecular weight excluding hydrogens is 581 g/mol. The van der Waals surface area contributed by atoms with Gasteiger partial charge in [-0.05, 0) is 70.3 Å². The van der Waals surface area contributed by atoms with Crippen molar-refractivity contribution in [1.29, 1.82) is 0 Å². The number of hydrogen-bond donors (Lipinski definition) is 3. The van der Waals surface area contributed by atoms with Crippen LogP contribution in [0.25, 0.3) is 10.4 Å². The third kappa shape index (κ3) is 6.24. The number of likely N-dealkylation sites (tertiary alicyclic amines) is 1. The number of carbonyl (C=O) groups excluding carboxylic acids is 2. The summed E-state index contributed by atoms with van der Waals surface area (Å²) in [7, 11) is 0. The maximum absolute atomic E-state index is 14.4. The number of aliphatic hydroxyl groups is 1. The first-order chi connectivity index (χ1) is 19.9. The Labute approximate surface area is 244 Å². The molecule has 0 bridgehead atoms. The molecule has 0 aromatic carbocycles. The largest absolute Gasteiger partial charge is 0.408 e. The van der Waals surface area contributed by atoms with E-state index in [9.17, 15) is 36.6 Å². The molecule has 0 radical (unpaired) electrons. The lowest BCUT2D eigenvalue weighted by molar-refractivity contribution is -0.146. The third-order valence-corrected chi connectivity index (χ3v) is 9.56. The van der Waals surface area contributed by atoms with Crippen LogP contribution < -0.4 is 10.6 Å². The molecule has 3 N–H and O–H groups in total. The van der Waals surface area contributed by atoms with Crippen molar-refractivity contribution in [2.24, 2.45) is 5.92 Å². The average Bonchev–Trinajstić information content (AvgIpc) is 3.35. The van der Waals surface area contributed by atoms with Crippen LogP contribution in [0.1, 0.15) is 97.5 Å². The summed E-state index contributed by atoms with van der Waals surface area (Å²) in [5.74, 6) is -2.16. The van der Waals surface area contributed by atoms with E-state index in [2.05, 4.69) is 20.6 Å². The monoisotopic (exact) mass is 615 g/mol. The van der Waals surface area contributed by atoms with Gasteiger partial charge in [-0.2, -0.15) is 13.2 Å². The van der Waals surface area contributed by atoms with Gasteiger partial charge >= 0.3 is 6.18 Å². The number of hydrogen-bond acceptors (Lipinski definition) is 7. The summed E-state index contributed by atoms with van der Waals surface area (Å²) in [4.78, 5) is 37.1. The minimum atomic E-state index is -4.58. The van der Waals surface area contributed by atoms with Gasteiger partial charge in [0.1, 0.15) is 17.6 Å². The lowest BCUT2D eigenvalue weighted by Crippen LogP contribution is -2.40. The van der Waals surface area contributed by atoms with Crippen LogP contribution in [0.5, 0.6) is 0 Å². The number of rotatable bonds is 9. The molecular formula is C28H34F5N5O3S. The van der Waals surface area contributed by atoms with E-state index in [0.717, 1.165) is 42.9 Å². The van der Waals surface area contributed by atoms with Crippen molar-refractivity contribution in [2.75, 3.05) is 5.32 Å². The molecule has 1 aliphatic heterocycles. The van der Waals surface area contributed by atoms with Crippen LogP contribution in [-0.2, 0) is 0 Å². The Morgan fingerprint density at radius 1 is 1.17 bits per heavy atom. The van der Waals surface area contributed by atoms with Crippen LogP contribution in [-0.4, -0.2) is 68.2 Å². The fourth-order valence-electron chi connectivity index (χ4n) is 6.02. The molecule has 8 nitrogen and oxygen atoms in total. The van der Waals surface area contributed by atoms with Gasteiger partial charge in [-0.1, -0.05) is 6.92 Å². The molecule has 14 heteroatoms. The van der Waals surface area contributed by atoms with E-state index >= 15 is 0 Å². The number of carbonyl (C=O) groups is 2. The summed E-state index contributed by atoms with van der Waals surface area (Å²) >= 11 is 0.747. The topological polar surface area (TPSA) is 107 Å². The zero-order valence-corrected chi connectivity index (χ0v) is 24.1. The van der Waals surface area contributed by atoms with E-state index in [1.807, 2.05) is 13.8 Å². The Balaban J connectivity index is 1.54. The summed E-state index contributed by atoms with van der Waals surface area (Å²) in [6.45, 7) is 3.83. The van der Waals surface area contributed by atoms with Crippen molar-refractivity contribution >= 4 is 29.0 Å². The Kier molecular flexibility index (Phi) is 8.75. The molecule has 42 heavy (non-hydrogen) atoms. The van der Waals surface area contributed by atoms with E-state index in [0.29, 0.717) is 32.1 Å². The van der Waals surface area contributed by atoms with Crippen molar-refractivity contribution in [2.45, 2.75) is 108 Å². The van der Waals surface area contributed by atoms with Crippen LogP contribution in [0.15, 0.2) is 12.3 Å². The van der Waals surface area contributed by atoms with E-state index in [1.165, 1.54) is 0 Å². The van der Waals surface area contributed by atoms with Crippen molar-refractivity contribution in [3.63, 3.8) is 0 Å². The molecule has 5 atom stereocenters. The van der Waals surface area contributed by atoms with Gasteiger partial charge in [-0.3, -0.25) is 9.59 Å². The smallest absolute Gasteiger partial charge is 0.391 e. The van der Waals surface area contributed by atoms with Crippen LogP contribution in [0.3, 0.4) is 0 Å². The Morgan fingerprint density at radius 3 is 2.50 bits per heavy atom. The fourth-order valence-corrected chi connectivity index (χ4v) is 7.01. The Bertz CT molecular complexity index is 1320. The summed E-state index contributed by atoms with van der Waals surface area (Å²) < 4.78 is 69.6. The predicted octanol–water partition coefficient (Wildman–Crippen LogP) is 5.94. The SMILES string of the molecule is CCC1CCC(C)N1C(=O)c1nc(C(=O)N[C@@H]2CCC[C@H]2O)sc1-c1cnc(N[C@@H](C2CC2)C(F)(F)F)cc1C(F)F. The number of aromatic nitrogens is 2. The predicted molar refractivity (Wildman–Crippen MR) is 147 cm³/mol. The molecule has 2 aromatic heterocycles. The second-order valence-corrected chi connectivity index (χ2v) is 12.4. The summed E-state index contributed by atoms with van der Waals surface area (Å²) in [5, 5.41) is 15.0. The first-order valence-electron chi connectivity index (χ1n) is 14.3. The Hall–Kier alpha value is -2.87. The number of halogens is 5. The zero-order valence-electron chi connectivity index (χ0n) is 23.3. The number of pyridine rings is 1.